The van der Waals surface area contributed by atoms with Crippen LogP contribution in [-0.2, 0) is 0 Å². The summed E-state index contributed by atoms with van der Waals surface area (Å²) in [7, 11) is 0. The van der Waals surface area contributed by atoms with Crippen LogP contribution in [0.2, 0.25) is 0 Å². The number of hydrazone groups is 1. The third kappa shape index (κ3) is 4.40. The summed E-state index contributed by atoms with van der Waals surface area (Å²) in [4.78, 5) is 4.49. The molecule has 0 saturated heterocycles. The van der Waals surface area contributed by atoms with Gasteiger partial charge in [0.25, 0.3) is 0 Å². The summed E-state index contributed by atoms with van der Waals surface area (Å²) in [6.07, 6.45) is 9.17. The molecule has 20 heavy (non-hydrogen) atoms. The Morgan fingerprint density at radius 3 is 2.85 bits per heavy atom. The molecule has 114 valence electrons. The van der Waals surface area contributed by atoms with Crippen LogP contribution in [0.25, 0.3) is 0 Å². The molecule has 0 radical (unpaired) electrons. The summed E-state index contributed by atoms with van der Waals surface area (Å²) >= 11 is 1.75. The van der Waals surface area contributed by atoms with E-state index in [9.17, 15) is 0 Å². The predicted molar refractivity (Wildman–Crippen MR) is 89.2 cm³/mol. The van der Waals surface area contributed by atoms with Crippen LogP contribution < -0.4 is 5.73 Å². The minimum atomic E-state index is 0.162. The zero-order valence-electron chi connectivity index (χ0n) is 12.8. The number of nitrogens with zero attached hydrogens (tertiary/aromatic N) is 3. The van der Waals surface area contributed by atoms with Gasteiger partial charge in [-0.1, -0.05) is 32.6 Å². The van der Waals surface area contributed by atoms with Crippen molar-refractivity contribution in [3.05, 3.63) is 0 Å². The number of hydrogen-bond donors (Lipinski definition) is 1. The number of amidine groups is 1. The summed E-state index contributed by atoms with van der Waals surface area (Å²) in [6, 6.07) is 0. The molecular weight excluding hydrogens is 268 g/mol. The van der Waals surface area contributed by atoms with Crippen molar-refractivity contribution in [3.8, 4) is 0 Å². The fraction of sp³-hybridized carbons (Fsp3) is 0.867. The first kappa shape index (κ1) is 15.7. The maximum atomic E-state index is 6.13. The Bertz CT molecular complexity index is 361. The SMILES string of the molecule is CCCCN=C(N)C1SN(CC2CCCCC2)N=C1C. The van der Waals surface area contributed by atoms with Crippen molar-refractivity contribution in [1.29, 1.82) is 0 Å². The molecule has 5 heteroatoms. The molecule has 1 aliphatic carbocycles. The van der Waals surface area contributed by atoms with Gasteiger partial charge in [-0.3, -0.25) is 4.99 Å². The molecule has 0 aromatic heterocycles. The molecule has 4 nitrogen and oxygen atoms in total. The van der Waals surface area contributed by atoms with Gasteiger partial charge in [-0.2, -0.15) is 5.10 Å². The van der Waals surface area contributed by atoms with Crippen molar-refractivity contribution in [3.63, 3.8) is 0 Å². The van der Waals surface area contributed by atoms with E-state index in [2.05, 4.69) is 28.4 Å². The van der Waals surface area contributed by atoms with Crippen LogP contribution in [0.1, 0.15) is 58.8 Å². The molecule has 0 spiro atoms. The van der Waals surface area contributed by atoms with Crippen LogP contribution in [0.4, 0.5) is 0 Å². The van der Waals surface area contributed by atoms with Gasteiger partial charge in [0.05, 0.1) is 12.3 Å². The molecule has 0 bridgehead atoms. The molecular formula is C15H28N4S. The number of rotatable bonds is 6. The molecule has 2 rings (SSSR count). The lowest BCUT2D eigenvalue weighted by molar-refractivity contribution is 0.299. The second-order valence-electron chi connectivity index (χ2n) is 5.93. The lowest BCUT2D eigenvalue weighted by Crippen LogP contribution is -2.31. The fourth-order valence-electron chi connectivity index (χ4n) is 2.84. The van der Waals surface area contributed by atoms with E-state index in [1.165, 1.54) is 32.1 Å². The predicted octanol–water partition coefficient (Wildman–Crippen LogP) is 3.43. The molecule has 0 amide bonds. The normalized spacial score (nSPS) is 25.1. The molecule has 1 saturated carbocycles. The smallest absolute Gasteiger partial charge is 0.123 e. The van der Waals surface area contributed by atoms with Crippen LogP contribution in [-0.4, -0.2) is 34.3 Å². The molecule has 1 aliphatic heterocycles. The molecule has 1 fully saturated rings. The minimum absolute atomic E-state index is 0.162. The first-order chi connectivity index (χ1) is 9.70. The lowest BCUT2D eigenvalue weighted by Gasteiger charge is -2.25. The molecule has 1 heterocycles. The van der Waals surface area contributed by atoms with E-state index in [-0.39, 0.29) is 5.25 Å². The van der Waals surface area contributed by atoms with Crippen LogP contribution in [0.5, 0.6) is 0 Å². The summed E-state index contributed by atoms with van der Waals surface area (Å²) in [5.74, 6) is 1.56. The third-order valence-corrected chi connectivity index (χ3v) is 5.36. The average molecular weight is 296 g/mol. The van der Waals surface area contributed by atoms with Crippen molar-refractivity contribution in [2.24, 2.45) is 21.7 Å². The highest BCUT2D eigenvalue weighted by Crippen LogP contribution is 2.31. The van der Waals surface area contributed by atoms with Crippen molar-refractivity contribution < 1.29 is 0 Å². The van der Waals surface area contributed by atoms with E-state index in [0.29, 0.717) is 0 Å². The molecule has 2 N–H and O–H groups in total. The molecule has 1 atom stereocenters. The largest absolute Gasteiger partial charge is 0.386 e. The standard InChI is InChI=1S/C15H28N4S/c1-3-4-10-17-15(16)14-12(2)18-19(20-14)11-13-8-6-5-7-9-13/h13-14H,3-11H2,1-2H3,(H2,16,17). The van der Waals surface area contributed by atoms with Crippen molar-refractivity contribution in [2.45, 2.75) is 64.0 Å². The van der Waals surface area contributed by atoms with Crippen molar-refractivity contribution in [2.75, 3.05) is 13.1 Å². The van der Waals surface area contributed by atoms with E-state index < -0.39 is 0 Å². The maximum absolute atomic E-state index is 6.13. The zero-order valence-corrected chi connectivity index (χ0v) is 13.7. The molecule has 1 unspecified atom stereocenters. The Morgan fingerprint density at radius 2 is 2.15 bits per heavy atom. The first-order valence-corrected chi connectivity index (χ1v) is 8.83. The van der Waals surface area contributed by atoms with Gasteiger partial charge in [0, 0.05) is 6.54 Å². The number of hydrogen-bond acceptors (Lipinski definition) is 4. The van der Waals surface area contributed by atoms with Crippen LogP contribution in [0.3, 0.4) is 0 Å². The van der Waals surface area contributed by atoms with Gasteiger partial charge in [0.1, 0.15) is 11.1 Å². The third-order valence-electron chi connectivity index (χ3n) is 4.09. The summed E-state index contributed by atoms with van der Waals surface area (Å²) in [6.45, 7) is 6.16. The van der Waals surface area contributed by atoms with Crippen LogP contribution in [0, 0.1) is 5.92 Å². The number of unbranched alkanes of at least 4 members (excludes halogenated alkanes) is 1. The first-order valence-electron chi connectivity index (χ1n) is 8.00. The van der Waals surface area contributed by atoms with Crippen molar-refractivity contribution >= 4 is 23.5 Å². The van der Waals surface area contributed by atoms with Gasteiger partial charge in [0.15, 0.2) is 0 Å². The highest BCUT2D eigenvalue weighted by molar-refractivity contribution is 7.99. The van der Waals surface area contributed by atoms with Gasteiger partial charge >= 0.3 is 0 Å². The Kier molecular flexibility index (Phi) is 6.20. The van der Waals surface area contributed by atoms with Gasteiger partial charge in [-0.05, 0) is 44.1 Å². The van der Waals surface area contributed by atoms with E-state index in [0.717, 1.165) is 43.4 Å². The monoisotopic (exact) mass is 296 g/mol. The van der Waals surface area contributed by atoms with Gasteiger partial charge < -0.3 is 5.73 Å². The summed E-state index contributed by atoms with van der Waals surface area (Å²) in [5, 5.41) is 4.83. The van der Waals surface area contributed by atoms with Crippen LogP contribution >= 0.6 is 11.9 Å². The van der Waals surface area contributed by atoms with E-state index in [1.807, 2.05) is 0 Å². The number of aliphatic imine (C=N–C) groups is 1. The van der Waals surface area contributed by atoms with Gasteiger partial charge in [0.2, 0.25) is 0 Å². The Labute approximate surface area is 127 Å². The van der Waals surface area contributed by atoms with Gasteiger partial charge in [-0.25, -0.2) is 4.41 Å². The Morgan fingerprint density at radius 1 is 1.40 bits per heavy atom. The lowest BCUT2D eigenvalue weighted by atomic mass is 9.89. The zero-order chi connectivity index (χ0) is 14.4. The second-order valence-corrected chi connectivity index (χ2v) is 7.03. The highest BCUT2D eigenvalue weighted by atomic mass is 32.2. The molecule has 0 aromatic rings. The summed E-state index contributed by atoms with van der Waals surface area (Å²) < 4.78 is 2.15. The minimum Gasteiger partial charge on any atom is -0.386 e. The topological polar surface area (TPSA) is 54.0 Å². The van der Waals surface area contributed by atoms with E-state index in [4.69, 9.17) is 5.73 Å². The summed E-state index contributed by atoms with van der Waals surface area (Å²) in [5.41, 5.74) is 7.23. The number of nitrogens with two attached hydrogens (primary N) is 1. The van der Waals surface area contributed by atoms with Crippen LogP contribution in [0.15, 0.2) is 10.1 Å². The van der Waals surface area contributed by atoms with Crippen molar-refractivity contribution in [1.82, 2.24) is 4.41 Å². The van der Waals surface area contributed by atoms with Gasteiger partial charge in [-0.15, -0.1) is 0 Å². The second kappa shape index (κ2) is 7.91. The highest BCUT2D eigenvalue weighted by Gasteiger charge is 2.29. The fourth-order valence-corrected chi connectivity index (χ4v) is 3.94. The Hall–Kier alpha value is -0.710. The van der Waals surface area contributed by atoms with E-state index in [1.54, 1.807) is 11.9 Å². The average Bonchev–Trinajstić information content (AvgIpc) is 2.81. The van der Waals surface area contributed by atoms with E-state index >= 15 is 0 Å². The quantitative estimate of drug-likeness (QED) is 0.353. The molecule has 0 aromatic carbocycles. The molecule has 2 aliphatic rings. The Balaban J connectivity index is 1.83. The maximum Gasteiger partial charge on any atom is 0.123 e.